The lowest BCUT2D eigenvalue weighted by molar-refractivity contribution is 0.252. The first-order valence-electron chi connectivity index (χ1n) is 5.80. The summed E-state index contributed by atoms with van der Waals surface area (Å²) in [6.45, 7) is 6.58. The van der Waals surface area contributed by atoms with Gasteiger partial charge in [-0.05, 0) is 31.3 Å². The van der Waals surface area contributed by atoms with Crippen LogP contribution in [0.3, 0.4) is 0 Å². The van der Waals surface area contributed by atoms with E-state index in [4.69, 9.17) is 4.52 Å². The molecule has 1 aliphatic heterocycles. The summed E-state index contributed by atoms with van der Waals surface area (Å²) in [4.78, 5) is 4.52. The highest BCUT2D eigenvalue weighted by Gasteiger charge is 2.39. The predicted octanol–water partition coefficient (Wildman–Crippen LogP) is 1.52. The minimum absolute atomic E-state index is 0.404. The van der Waals surface area contributed by atoms with E-state index in [1.54, 1.807) is 0 Å². The minimum Gasteiger partial charge on any atom is -0.339 e. The molecule has 3 atom stereocenters. The van der Waals surface area contributed by atoms with Gasteiger partial charge in [-0.3, -0.25) is 0 Å². The van der Waals surface area contributed by atoms with Crippen LogP contribution in [0.1, 0.15) is 43.8 Å². The molecule has 1 aromatic rings. The Labute approximate surface area is 89.4 Å². The molecule has 0 spiro atoms. The molecule has 2 heterocycles. The number of nitrogens with zero attached hydrogens (tertiary/aromatic N) is 2. The van der Waals surface area contributed by atoms with Crippen LogP contribution in [0, 0.1) is 11.8 Å². The minimum atomic E-state index is 0.404. The van der Waals surface area contributed by atoms with Crippen molar-refractivity contribution in [3.05, 3.63) is 11.7 Å². The maximum Gasteiger partial charge on any atom is 0.229 e. The van der Waals surface area contributed by atoms with E-state index >= 15 is 0 Å². The molecular weight excluding hydrogens is 190 g/mol. The van der Waals surface area contributed by atoms with Gasteiger partial charge in [0.2, 0.25) is 5.89 Å². The van der Waals surface area contributed by atoms with Gasteiger partial charge >= 0.3 is 0 Å². The van der Waals surface area contributed by atoms with Crippen LogP contribution in [-0.4, -0.2) is 23.2 Å². The third-order valence-electron chi connectivity index (χ3n) is 3.81. The first-order chi connectivity index (χ1) is 7.25. The van der Waals surface area contributed by atoms with Gasteiger partial charge in [0.05, 0.1) is 0 Å². The molecule has 1 saturated heterocycles. The summed E-state index contributed by atoms with van der Waals surface area (Å²) in [6, 6.07) is 0. The number of hydrogen-bond donors (Lipinski definition) is 1. The van der Waals surface area contributed by atoms with Gasteiger partial charge in [-0.1, -0.05) is 19.0 Å². The van der Waals surface area contributed by atoms with E-state index in [1.165, 1.54) is 6.42 Å². The quantitative estimate of drug-likeness (QED) is 0.816. The van der Waals surface area contributed by atoms with Crippen LogP contribution in [0.15, 0.2) is 4.52 Å². The van der Waals surface area contributed by atoms with Crippen LogP contribution in [-0.2, 0) is 0 Å². The van der Waals surface area contributed by atoms with Crippen molar-refractivity contribution in [3.63, 3.8) is 0 Å². The SMILES string of the molecule is CC1CC1c1noc(C(C)C2CNC2)n1. The van der Waals surface area contributed by atoms with Crippen LogP contribution >= 0.6 is 0 Å². The molecule has 1 saturated carbocycles. The Kier molecular flexibility index (Phi) is 2.06. The van der Waals surface area contributed by atoms with Crippen LogP contribution in [0.5, 0.6) is 0 Å². The third kappa shape index (κ3) is 1.57. The summed E-state index contributed by atoms with van der Waals surface area (Å²) in [5.74, 6) is 4.15. The van der Waals surface area contributed by atoms with Crippen molar-refractivity contribution >= 4 is 0 Å². The maximum absolute atomic E-state index is 5.34. The van der Waals surface area contributed by atoms with E-state index in [0.29, 0.717) is 17.8 Å². The van der Waals surface area contributed by atoms with Gasteiger partial charge in [0, 0.05) is 11.8 Å². The number of rotatable bonds is 3. The lowest BCUT2D eigenvalue weighted by Crippen LogP contribution is -2.44. The Balaban J connectivity index is 1.72. The lowest BCUT2D eigenvalue weighted by Gasteiger charge is -2.30. The molecule has 1 aromatic heterocycles. The molecule has 0 aromatic carbocycles. The Bertz CT molecular complexity index is 358. The van der Waals surface area contributed by atoms with Crippen LogP contribution in [0.25, 0.3) is 0 Å². The molecule has 4 heteroatoms. The highest BCUT2D eigenvalue weighted by Crippen LogP contribution is 2.45. The van der Waals surface area contributed by atoms with E-state index < -0.39 is 0 Å². The third-order valence-corrected chi connectivity index (χ3v) is 3.81. The van der Waals surface area contributed by atoms with Crippen molar-refractivity contribution < 1.29 is 4.52 Å². The zero-order valence-corrected chi connectivity index (χ0v) is 9.23. The van der Waals surface area contributed by atoms with Crippen molar-refractivity contribution in [2.75, 3.05) is 13.1 Å². The molecule has 0 amide bonds. The van der Waals surface area contributed by atoms with E-state index in [1.807, 2.05) is 0 Å². The van der Waals surface area contributed by atoms with Gasteiger partial charge in [0.15, 0.2) is 5.82 Å². The molecule has 15 heavy (non-hydrogen) atoms. The van der Waals surface area contributed by atoms with E-state index in [9.17, 15) is 0 Å². The van der Waals surface area contributed by atoms with Crippen LogP contribution in [0.4, 0.5) is 0 Å². The fraction of sp³-hybridized carbons (Fsp3) is 0.818. The second kappa shape index (κ2) is 3.30. The fourth-order valence-corrected chi connectivity index (χ4v) is 2.13. The normalized spacial score (nSPS) is 32.4. The van der Waals surface area contributed by atoms with Crippen molar-refractivity contribution in [1.82, 2.24) is 15.5 Å². The zero-order chi connectivity index (χ0) is 10.4. The van der Waals surface area contributed by atoms with Crippen molar-refractivity contribution in [1.29, 1.82) is 0 Å². The van der Waals surface area contributed by atoms with Gasteiger partial charge in [0.1, 0.15) is 0 Å². The van der Waals surface area contributed by atoms with Crippen molar-refractivity contribution in [2.24, 2.45) is 11.8 Å². The number of nitrogens with one attached hydrogen (secondary N) is 1. The maximum atomic E-state index is 5.34. The van der Waals surface area contributed by atoms with Gasteiger partial charge in [-0.15, -0.1) is 0 Å². The molecule has 3 unspecified atom stereocenters. The fourth-order valence-electron chi connectivity index (χ4n) is 2.13. The first kappa shape index (κ1) is 9.33. The number of hydrogen-bond acceptors (Lipinski definition) is 4. The molecular formula is C11H17N3O. The summed E-state index contributed by atoms with van der Waals surface area (Å²) in [6.07, 6.45) is 1.22. The highest BCUT2D eigenvalue weighted by atomic mass is 16.5. The largest absolute Gasteiger partial charge is 0.339 e. The van der Waals surface area contributed by atoms with E-state index in [2.05, 4.69) is 29.3 Å². The topological polar surface area (TPSA) is 51.0 Å². The van der Waals surface area contributed by atoms with Crippen LogP contribution in [0.2, 0.25) is 0 Å². The van der Waals surface area contributed by atoms with Gasteiger partial charge < -0.3 is 9.84 Å². The summed E-state index contributed by atoms with van der Waals surface area (Å²) in [5.41, 5.74) is 0. The summed E-state index contributed by atoms with van der Waals surface area (Å²) >= 11 is 0. The smallest absolute Gasteiger partial charge is 0.229 e. The summed E-state index contributed by atoms with van der Waals surface area (Å²) in [5, 5.41) is 7.35. The average molecular weight is 207 g/mol. The standard InChI is InChI=1S/C11H17N3O/c1-6-3-9(6)10-13-11(15-14-10)7(2)8-4-12-5-8/h6-9,12H,3-5H2,1-2H3. The zero-order valence-electron chi connectivity index (χ0n) is 9.23. The Morgan fingerprint density at radius 3 is 2.73 bits per heavy atom. The molecule has 82 valence electrons. The van der Waals surface area contributed by atoms with E-state index in [-0.39, 0.29) is 0 Å². The number of aromatic nitrogens is 2. The second-order valence-electron chi connectivity index (χ2n) is 5.02. The second-order valence-corrected chi connectivity index (χ2v) is 5.02. The molecule has 0 radical (unpaired) electrons. The molecule has 1 N–H and O–H groups in total. The Morgan fingerprint density at radius 1 is 1.47 bits per heavy atom. The van der Waals surface area contributed by atoms with Crippen molar-refractivity contribution in [2.45, 2.75) is 32.1 Å². The molecule has 1 aliphatic carbocycles. The van der Waals surface area contributed by atoms with Crippen molar-refractivity contribution in [3.8, 4) is 0 Å². The van der Waals surface area contributed by atoms with Crippen LogP contribution < -0.4 is 5.32 Å². The molecule has 0 bridgehead atoms. The first-order valence-corrected chi connectivity index (χ1v) is 5.80. The lowest BCUT2D eigenvalue weighted by atomic mass is 9.89. The Morgan fingerprint density at radius 2 is 2.20 bits per heavy atom. The Hall–Kier alpha value is -0.900. The monoisotopic (exact) mass is 207 g/mol. The van der Waals surface area contributed by atoms with Gasteiger partial charge in [-0.2, -0.15) is 4.98 Å². The van der Waals surface area contributed by atoms with E-state index in [0.717, 1.165) is 30.7 Å². The molecule has 4 nitrogen and oxygen atoms in total. The molecule has 2 aliphatic rings. The van der Waals surface area contributed by atoms with Gasteiger partial charge in [0.25, 0.3) is 0 Å². The highest BCUT2D eigenvalue weighted by molar-refractivity contribution is 5.09. The summed E-state index contributed by atoms with van der Waals surface area (Å²) < 4.78 is 5.34. The molecule has 3 rings (SSSR count). The predicted molar refractivity (Wildman–Crippen MR) is 55.6 cm³/mol. The van der Waals surface area contributed by atoms with Gasteiger partial charge in [-0.25, -0.2) is 0 Å². The molecule has 2 fully saturated rings. The average Bonchev–Trinajstić information content (AvgIpc) is 2.68. The summed E-state index contributed by atoms with van der Waals surface area (Å²) in [7, 11) is 0.